The van der Waals surface area contributed by atoms with Crippen molar-refractivity contribution < 1.29 is 4.79 Å². The topological polar surface area (TPSA) is 45.2 Å². The van der Waals surface area contributed by atoms with E-state index in [0.717, 1.165) is 38.9 Å². The van der Waals surface area contributed by atoms with Crippen molar-refractivity contribution in [1.82, 2.24) is 15.2 Å². The van der Waals surface area contributed by atoms with Crippen LogP contribution in [0.5, 0.6) is 0 Å². The average Bonchev–Trinajstić information content (AvgIpc) is 2.62. The minimum Gasteiger partial charge on any atom is -0.347 e. The molecule has 1 atom stereocenters. The quantitative estimate of drug-likeness (QED) is 0.923. The summed E-state index contributed by atoms with van der Waals surface area (Å²) < 4.78 is 0. The number of likely N-dealkylation sites (tertiary alicyclic amines) is 1. The maximum absolute atomic E-state index is 12.2. The highest BCUT2D eigenvalue weighted by Gasteiger charge is 2.21. The molecule has 4 nitrogen and oxygen atoms in total. The van der Waals surface area contributed by atoms with Gasteiger partial charge in [-0.25, -0.2) is 0 Å². The van der Waals surface area contributed by atoms with Gasteiger partial charge < -0.3 is 10.2 Å². The van der Waals surface area contributed by atoms with Crippen LogP contribution in [0.4, 0.5) is 0 Å². The number of amides is 1. The van der Waals surface area contributed by atoms with Crippen LogP contribution in [-0.2, 0) is 6.42 Å². The van der Waals surface area contributed by atoms with Gasteiger partial charge in [0.15, 0.2) is 0 Å². The van der Waals surface area contributed by atoms with Crippen LogP contribution in [0.15, 0.2) is 54.7 Å². The molecule has 2 aromatic rings. The molecule has 120 valence electrons. The third-order valence-electron chi connectivity index (χ3n) is 4.30. The van der Waals surface area contributed by atoms with Crippen LogP contribution in [0.25, 0.3) is 0 Å². The number of benzene rings is 1. The molecule has 0 aliphatic carbocycles. The maximum Gasteiger partial charge on any atom is 0.270 e. The Morgan fingerprint density at radius 2 is 2.00 bits per heavy atom. The molecule has 1 amide bonds. The summed E-state index contributed by atoms with van der Waals surface area (Å²) in [6.07, 6.45) is 4.88. The molecule has 4 heteroatoms. The van der Waals surface area contributed by atoms with Crippen LogP contribution in [0, 0.1) is 0 Å². The van der Waals surface area contributed by atoms with Gasteiger partial charge in [0.2, 0.25) is 0 Å². The summed E-state index contributed by atoms with van der Waals surface area (Å²) in [7, 11) is 0. The summed E-state index contributed by atoms with van der Waals surface area (Å²) in [5, 5.41) is 3.12. The van der Waals surface area contributed by atoms with E-state index in [1.807, 2.05) is 18.2 Å². The third kappa shape index (κ3) is 4.63. The van der Waals surface area contributed by atoms with Crippen molar-refractivity contribution in [2.75, 3.05) is 19.6 Å². The fraction of sp³-hybridized carbons (Fsp3) is 0.368. The Morgan fingerprint density at radius 1 is 1.17 bits per heavy atom. The van der Waals surface area contributed by atoms with E-state index in [2.05, 4.69) is 39.5 Å². The number of carbonyl (C=O) groups is 1. The Morgan fingerprint density at radius 3 is 2.78 bits per heavy atom. The second kappa shape index (κ2) is 7.88. The third-order valence-corrected chi connectivity index (χ3v) is 4.30. The number of carbonyl (C=O) groups excluding carboxylic acids is 1. The largest absolute Gasteiger partial charge is 0.347 e. The predicted molar refractivity (Wildman–Crippen MR) is 91.3 cm³/mol. The van der Waals surface area contributed by atoms with Crippen LogP contribution >= 0.6 is 0 Å². The predicted octanol–water partition coefficient (Wildman–Crippen LogP) is 2.52. The van der Waals surface area contributed by atoms with Gasteiger partial charge in [0.25, 0.3) is 5.91 Å². The molecule has 23 heavy (non-hydrogen) atoms. The van der Waals surface area contributed by atoms with E-state index < -0.39 is 0 Å². The summed E-state index contributed by atoms with van der Waals surface area (Å²) >= 11 is 0. The van der Waals surface area contributed by atoms with Gasteiger partial charge in [-0.2, -0.15) is 0 Å². The van der Waals surface area contributed by atoms with E-state index in [-0.39, 0.29) is 11.9 Å². The first-order valence-electron chi connectivity index (χ1n) is 8.29. The molecule has 3 rings (SSSR count). The first kappa shape index (κ1) is 15.7. The molecular formula is C19H23N3O. The first-order valence-corrected chi connectivity index (χ1v) is 8.29. The highest BCUT2D eigenvalue weighted by atomic mass is 16.1. The zero-order chi connectivity index (χ0) is 15.9. The van der Waals surface area contributed by atoms with Gasteiger partial charge in [0, 0.05) is 25.3 Å². The molecule has 1 unspecified atom stereocenters. The Hall–Kier alpha value is -2.20. The Balaban J connectivity index is 1.49. The maximum atomic E-state index is 12.2. The van der Waals surface area contributed by atoms with Crippen molar-refractivity contribution >= 4 is 5.91 Å². The molecule has 1 saturated heterocycles. The summed E-state index contributed by atoms with van der Waals surface area (Å²) in [5.41, 5.74) is 1.86. The highest BCUT2D eigenvalue weighted by molar-refractivity contribution is 5.92. The molecule has 0 spiro atoms. The van der Waals surface area contributed by atoms with E-state index in [1.54, 1.807) is 12.3 Å². The second-order valence-corrected chi connectivity index (χ2v) is 6.06. The molecule has 1 aliphatic heterocycles. The molecule has 2 heterocycles. The van der Waals surface area contributed by atoms with Gasteiger partial charge in [-0.1, -0.05) is 36.4 Å². The summed E-state index contributed by atoms with van der Waals surface area (Å²) in [6.45, 7) is 3.08. The molecule has 0 bridgehead atoms. The summed E-state index contributed by atoms with van der Waals surface area (Å²) in [5.74, 6) is -0.0690. The average molecular weight is 309 g/mol. The number of rotatable bonds is 5. The number of aromatic nitrogens is 1. The molecule has 1 aromatic carbocycles. The first-order chi connectivity index (χ1) is 11.3. The minimum atomic E-state index is -0.0690. The minimum absolute atomic E-state index is 0.0690. The number of hydrogen-bond donors (Lipinski definition) is 1. The van der Waals surface area contributed by atoms with Crippen molar-refractivity contribution in [3.05, 3.63) is 66.0 Å². The lowest BCUT2D eigenvalue weighted by Gasteiger charge is -2.33. The zero-order valence-electron chi connectivity index (χ0n) is 13.3. The fourth-order valence-corrected chi connectivity index (χ4v) is 3.06. The zero-order valence-corrected chi connectivity index (χ0v) is 13.3. The van der Waals surface area contributed by atoms with Crippen molar-refractivity contribution in [1.29, 1.82) is 0 Å². The van der Waals surface area contributed by atoms with Gasteiger partial charge in [-0.15, -0.1) is 0 Å². The standard InChI is InChI=1S/C19H23N3O/c23-19(18-10-4-5-12-20-18)21-17-9-6-13-22(15-17)14-11-16-7-2-1-3-8-16/h1-5,7-8,10,12,17H,6,9,11,13-15H2,(H,21,23). The van der Waals surface area contributed by atoms with Crippen LogP contribution in [0.3, 0.4) is 0 Å². The van der Waals surface area contributed by atoms with E-state index in [9.17, 15) is 4.79 Å². The number of piperidine rings is 1. The van der Waals surface area contributed by atoms with Gasteiger partial charge in [-0.05, 0) is 43.5 Å². The summed E-state index contributed by atoms with van der Waals surface area (Å²) in [6, 6.07) is 16.2. The second-order valence-electron chi connectivity index (χ2n) is 6.06. The molecule has 0 radical (unpaired) electrons. The van der Waals surface area contributed by atoms with E-state index in [0.29, 0.717) is 5.69 Å². The SMILES string of the molecule is O=C(NC1CCCN(CCc2ccccc2)C1)c1ccccn1. The summed E-state index contributed by atoms with van der Waals surface area (Å²) in [4.78, 5) is 18.8. The van der Waals surface area contributed by atoms with Crippen LogP contribution < -0.4 is 5.32 Å². The highest BCUT2D eigenvalue weighted by Crippen LogP contribution is 2.12. The van der Waals surface area contributed by atoms with Crippen LogP contribution in [0.1, 0.15) is 28.9 Å². The Labute approximate surface area is 137 Å². The molecule has 1 aliphatic rings. The van der Waals surface area contributed by atoms with Crippen molar-refractivity contribution in [2.45, 2.75) is 25.3 Å². The monoisotopic (exact) mass is 309 g/mol. The van der Waals surface area contributed by atoms with E-state index in [4.69, 9.17) is 0 Å². The van der Waals surface area contributed by atoms with Gasteiger partial charge >= 0.3 is 0 Å². The fourth-order valence-electron chi connectivity index (χ4n) is 3.06. The van der Waals surface area contributed by atoms with Crippen molar-refractivity contribution in [3.8, 4) is 0 Å². The smallest absolute Gasteiger partial charge is 0.270 e. The van der Waals surface area contributed by atoms with Crippen LogP contribution in [0.2, 0.25) is 0 Å². The molecule has 0 saturated carbocycles. The lowest BCUT2D eigenvalue weighted by Crippen LogP contribution is -2.48. The number of hydrogen-bond acceptors (Lipinski definition) is 3. The van der Waals surface area contributed by atoms with Gasteiger partial charge in [0.1, 0.15) is 5.69 Å². The Bertz CT molecular complexity index is 615. The van der Waals surface area contributed by atoms with Gasteiger partial charge in [-0.3, -0.25) is 9.78 Å². The molecule has 1 fully saturated rings. The van der Waals surface area contributed by atoms with Crippen molar-refractivity contribution in [2.24, 2.45) is 0 Å². The van der Waals surface area contributed by atoms with Gasteiger partial charge in [0.05, 0.1) is 0 Å². The van der Waals surface area contributed by atoms with Crippen molar-refractivity contribution in [3.63, 3.8) is 0 Å². The lowest BCUT2D eigenvalue weighted by molar-refractivity contribution is 0.0899. The Kier molecular flexibility index (Phi) is 5.37. The van der Waals surface area contributed by atoms with E-state index in [1.165, 1.54) is 5.56 Å². The molecule has 1 N–H and O–H groups in total. The number of nitrogens with one attached hydrogen (secondary N) is 1. The van der Waals surface area contributed by atoms with E-state index >= 15 is 0 Å². The van der Waals surface area contributed by atoms with Crippen LogP contribution in [-0.4, -0.2) is 41.5 Å². The number of nitrogens with zero attached hydrogens (tertiary/aromatic N) is 2. The normalized spacial score (nSPS) is 18.5. The molecular weight excluding hydrogens is 286 g/mol. The lowest BCUT2D eigenvalue weighted by atomic mass is 10.0. The number of pyridine rings is 1. The molecule has 1 aromatic heterocycles.